The van der Waals surface area contributed by atoms with Gasteiger partial charge >= 0.3 is 5.97 Å². The number of nitrogen functional groups attached to an aromatic ring is 1. The van der Waals surface area contributed by atoms with Crippen LogP contribution in [0.1, 0.15) is 12.8 Å². The molecule has 1 saturated heterocycles. The summed E-state index contributed by atoms with van der Waals surface area (Å²) in [5.74, 6) is 0.292. The van der Waals surface area contributed by atoms with Gasteiger partial charge in [0.25, 0.3) is 0 Å². The van der Waals surface area contributed by atoms with Crippen LogP contribution in [0.15, 0.2) is 43.0 Å². The molecule has 2 aromatic heterocycles. The number of para-hydroxylation sites is 2. The highest BCUT2D eigenvalue weighted by Gasteiger charge is 2.44. The van der Waals surface area contributed by atoms with E-state index in [4.69, 9.17) is 5.73 Å². The number of rotatable bonds is 3. The fourth-order valence-electron chi connectivity index (χ4n) is 3.50. The number of nitrogens with two attached hydrogens (primary N) is 1. The molecule has 0 atom stereocenters. The van der Waals surface area contributed by atoms with E-state index in [9.17, 15) is 9.90 Å². The number of benzene rings is 1. The number of carboxylic acids is 1. The smallest absolute Gasteiger partial charge is 0.330 e. The van der Waals surface area contributed by atoms with Crippen molar-refractivity contribution >= 4 is 28.6 Å². The Morgan fingerprint density at radius 1 is 1.16 bits per heavy atom. The van der Waals surface area contributed by atoms with Crippen molar-refractivity contribution in [1.82, 2.24) is 19.5 Å². The molecule has 0 unspecified atom stereocenters. The SMILES string of the molecule is Nc1cc(N2CCC(C(=O)O)(n3cnc4ccccc43)CC2)ncn1. The quantitative estimate of drug-likeness (QED) is 0.744. The van der Waals surface area contributed by atoms with Crippen LogP contribution in [0.3, 0.4) is 0 Å². The number of carbonyl (C=O) groups is 1. The summed E-state index contributed by atoms with van der Waals surface area (Å²) in [6, 6.07) is 9.30. The third-order valence-electron chi connectivity index (χ3n) is 4.90. The lowest BCUT2D eigenvalue weighted by molar-refractivity contribution is -0.148. The maximum absolute atomic E-state index is 12.2. The van der Waals surface area contributed by atoms with Crippen LogP contribution in [0.5, 0.6) is 0 Å². The molecule has 25 heavy (non-hydrogen) atoms. The Hall–Kier alpha value is -3.16. The molecule has 8 nitrogen and oxygen atoms in total. The normalized spacial score (nSPS) is 16.9. The van der Waals surface area contributed by atoms with Crippen LogP contribution >= 0.6 is 0 Å². The van der Waals surface area contributed by atoms with Gasteiger partial charge in [-0.15, -0.1) is 0 Å². The van der Waals surface area contributed by atoms with Crippen molar-refractivity contribution in [2.75, 3.05) is 23.7 Å². The van der Waals surface area contributed by atoms with Crippen LogP contribution in [0.25, 0.3) is 11.0 Å². The maximum Gasteiger partial charge on any atom is 0.330 e. The Labute approximate surface area is 143 Å². The van der Waals surface area contributed by atoms with E-state index in [0.29, 0.717) is 31.7 Å². The Morgan fingerprint density at radius 3 is 2.64 bits per heavy atom. The molecule has 3 aromatic rings. The molecule has 0 amide bonds. The fourth-order valence-corrected chi connectivity index (χ4v) is 3.50. The van der Waals surface area contributed by atoms with E-state index in [-0.39, 0.29) is 0 Å². The Balaban J connectivity index is 1.67. The number of aliphatic carboxylic acids is 1. The van der Waals surface area contributed by atoms with Gasteiger partial charge in [-0.1, -0.05) is 12.1 Å². The summed E-state index contributed by atoms with van der Waals surface area (Å²) in [6.45, 7) is 1.13. The van der Waals surface area contributed by atoms with Gasteiger partial charge in [-0.25, -0.2) is 19.7 Å². The summed E-state index contributed by atoms with van der Waals surface area (Å²) < 4.78 is 1.80. The molecule has 1 aliphatic rings. The molecule has 1 aromatic carbocycles. The Bertz CT molecular complexity index is 930. The Morgan fingerprint density at radius 2 is 1.92 bits per heavy atom. The number of piperidine rings is 1. The average Bonchev–Trinajstić information content (AvgIpc) is 3.06. The number of anilines is 2. The monoisotopic (exact) mass is 338 g/mol. The molecule has 3 N–H and O–H groups in total. The minimum absolute atomic E-state index is 0.403. The zero-order valence-electron chi connectivity index (χ0n) is 13.5. The highest BCUT2D eigenvalue weighted by molar-refractivity contribution is 5.82. The van der Waals surface area contributed by atoms with Crippen molar-refractivity contribution in [3.8, 4) is 0 Å². The van der Waals surface area contributed by atoms with Crippen LogP contribution in [-0.2, 0) is 10.3 Å². The molecule has 0 spiro atoms. The van der Waals surface area contributed by atoms with Crippen molar-refractivity contribution in [3.05, 3.63) is 43.0 Å². The molecule has 8 heteroatoms. The maximum atomic E-state index is 12.2. The number of hydrogen-bond donors (Lipinski definition) is 2. The van der Waals surface area contributed by atoms with E-state index < -0.39 is 11.5 Å². The largest absolute Gasteiger partial charge is 0.479 e. The molecule has 0 saturated carbocycles. The molecule has 4 rings (SSSR count). The van der Waals surface area contributed by atoms with E-state index in [0.717, 1.165) is 16.9 Å². The number of imidazole rings is 1. The highest BCUT2D eigenvalue weighted by Crippen LogP contribution is 2.34. The fraction of sp³-hybridized carbons (Fsp3) is 0.294. The zero-order chi connectivity index (χ0) is 17.4. The van der Waals surface area contributed by atoms with Crippen molar-refractivity contribution in [1.29, 1.82) is 0 Å². The Kier molecular flexibility index (Phi) is 3.52. The summed E-state index contributed by atoms with van der Waals surface area (Å²) in [4.78, 5) is 26.7. The van der Waals surface area contributed by atoms with Crippen LogP contribution in [0.4, 0.5) is 11.6 Å². The number of aromatic nitrogens is 4. The second kappa shape index (κ2) is 5.73. The molecule has 0 aliphatic carbocycles. The molecular formula is C17H18N6O2. The molecular weight excluding hydrogens is 320 g/mol. The lowest BCUT2D eigenvalue weighted by Crippen LogP contribution is -2.51. The predicted octanol–water partition coefficient (Wildman–Crippen LogP) is 1.49. The van der Waals surface area contributed by atoms with Gasteiger partial charge in [0.2, 0.25) is 0 Å². The number of fused-ring (bicyclic) bond motifs is 1. The van der Waals surface area contributed by atoms with Gasteiger partial charge in [-0.05, 0) is 25.0 Å². The van der Waals surface area contributed by atoms with Gasteiger partial charge in [0.15, 0.2) is 0 Å². The number of hydrogen-bond acceptors (Lipinski definition) is 6. The van der Waals surface area contributed by atoms with Gasteiger partial charge in [0.1, 0.15) is 23.5 Å². The number of carboxylic acid groups (broad SMARTS) is 1. The third kappa shape index (κ3) is 2.46. The van der Waals surface area contributed by atoms with Gasteiger partial charge in [0, 0.05) is 19.2 Å². The molecule has 1 fully saturated rings. The zero-order valence-corrected chi connectivity index (χ0v) is 13.5. The first-order valence-corrected chi connectivity index (χ1v) is 8.09. The van der Waals surface area contributed by atoms with E-state index >= 15 is 0 Å². The molecule has 1 aliphatic heterocycles. The predicted molar refractivity (Wildman–Crippen MR) is 93.2 cm³/mol. The van der Waals surface area contributed by atoms with Crippen LogP contribution < -0.4 is 10.6 Å². The average molecular weight is 338 g/mol. The van der Waals surface area contributed by atoms with Crippen LogP contribution in [0.2, 0.25) is 0 Å². The van der Waals surface area contributed by atoms with Crippen molar-refractivity contribution in [3.63, 3.8) is 0 Å². The van der Waals surface area contributed by atoms with Crippen molar-refractivity contribution < 1.29 is 9.90 Å². The van der Waals surface area contributed by atoms with Gasteiger partial charge < -0.3 is 20.3 Å². The first-order valence-electron chi connectivity index (χ1n) is 8.09. The number of nitrogens with zero attached hydrogens (tertiary/aromatic N) is 5. The van der Waals surface area contributed by atoms with E-state index in [1.54, 1.807) is 17.0 Å². The summed E-state index contributed by atoms with van der Waals surface area (Å²) in [5.41, 5.74) is 6.35. The summed E-state index contributed by atoms with van der Waals surface area (Å²) >= 11 is 0. The van der Waals surface area contributed by atoms with Crippen molar-refractivity contribution in [2.45, 2.75) is 18.4 Å². The summed E-state index contributed by atoms with van der Waals surface area (Å²) in [6.07, 6.45) is 3.96. The molecule has 0 radical (unpaired) electrons. The standard InChI is InChI=1S/C17H18N6O2/c18-14-9-15(20-10-19-14)22-7-5-17(6-8-22,16(24)25)23-11-21-12-3-1-2-4-13(12)23/h1-4,9-11H,5-8H2,(H,24,25)(H2,18,19,20). The summed E-state index contributed by atoms with van der Waals surface area (Å²) in [5, 5.41) is 10.0. The lowest BCUT2D eigenvalue weighted by atomic mass is 9.87. The minimum atomic E-state index is -1.01. The molecule has 3 heterocycles. The van der Waals surface area contributed by atoms with E-state index in [1.807, 2.05) is 29.2 Å². The van der Waals surface area contributed by atoms with Crippen LogP contribution in [0, 0.1) is 0 Å². The van der Waals surface area contributed by atoms with Crippen LogP contribution in [-0.4, -0.2) is 43.7 Å². The first kappa shape index (κ1) is 15.4. The topological polar surface area (TPSA) is 110 Å². The van der Waals surface area contributed by atoms with Gasteiger partial charge in [0.05, 0.1) is 17.4 Å². The first-order chi connectivity index (χ1) is 12.1. The van der Waals surface area contributed by atoms with E-state index in [2.05, 4.69) is 15.0 Å². The molecule has 0 bridgehead atoms. The van der Waals surface area contributed by atoms with Gasteiger partial charge in [-0.2, -0.15) is 0 Å². The van der Waals surface area contributed by atoms with E-state index in [1.165, 1.54) is 6.33 Å². The van der Waals surface area contributed by atoms with Gasteiger partial charge in [-0.3, -0.25) is 0 Å². The molecule has 128 valence electrons. The minimum Gasteiger partial charge on any atom is -0.479 e. The second-order valence-corrected chi connectivity index (χ2v) is 6.23. The summed E-state index contributed by atoms with van der Waals surface area (Å²) in [7, 11) is 0. The van der Waals surface area contributed by atoms with Crippen molar-refractivity contribution in [2.24, 2.45) is 0 Å². The lowest BCUT2D eigenvalue weighted by Gasteiger charge is -2.40. The third-order valence-corrected chi connectivity index (χ3v) is 4.90. The second-order valence-electron chi connectivity index (χ2n) is 6.23. The highest BCUT2D eigenvalue weighted by atomic mass is 16.4.